The lowest BCUT2D eigenvalue weighted by atomic mass is 10.2. The normalized spacial score (nSPS) is 13.1. The van der Waals surface area contributed by atoms with E-state index in [4.69, 9.17) is 16.9 Å². The Morgan fingerprint density at radius 2 is 2.26 bits per heavy atom. The summed E-state index contributed by atoms with van der Waals surface area (Å²) in [5, 5.41) is 12.9. The van der Waals surface area contributed by atoms with Crippen LogP contribution in [-0.4, -0.2) is 0 Å². The molecular formula is C15H13ClN2S. The highest BCUT2D eigenvalue weighted by Gasteiger charge is 2.14. The SMILES string of the molecule is N#Cc1c(Cl)cccc1NCc1cc2c(s1)CCC2. The second-order valence-electron chi connectivity index (χ2n) is 4.64. The van der Waals surface area contributed by atoms with Crippen LogP contribution in [0.4, 0.5) is 5.69 Å². The Hall–Kier alpha value is -1.50. The highest BCUT2D eigenvalue weighted by Crippen LogP contribution is 2.31. The van der Waals surface area contributed by atoms with E-state index < -0.39 is 0 Å². The minimum atomic E-state index is 0.501. The van der Waals surface area contributed by atoms with Crippen LogP contribution in [0.15, 0.2) is 24.3 Å². The van der Waals surface area contributed by atoms with Gasteiger partial charge in [-0.3, -0.25) is 0 Å². The average molecular weight is 289 g/mol. The van der Waals surface area contributed by atoms with Gasteiger partial charge in [0.2, 0.25) is 0 Å². The number of nitriles is 1. The zero-order valence-electron chi connectivity index (χ0n) is 10.4. The predicted octanol–water partition coefficient (Wildman–Crippen LogP) is 4.37. The lowest BCUT2D eigenvalue weighted by Crippen LogP contribution is -2.00. The van der Waals surface area contributed by atoms with Crippen LogP contribution in [0, 0.1) is 11.3 Å². The number of nitrogens with zero attached hydrogens (tertiary/aromatic N) is 1. The van der Waals surface area contributed by atoms with Gasteiger partial charge in [0.1, 0.15) is 6.07 Å². The molecule has 0 bridgehead atoms. The fourth-order valence-corrected chi connectivity index (χ4v) is 3.86. The van der Waals surface area contributed by atoms with Gasteiger partial charge in [0.25, 0.3) is 0 Å². The third-order valence-corrected chi connectivity index (χ3v) is 4.93. The maximum absolute atomic E-state index is 9.12. The van der Waals surface area contributed by atoms with Crippen LogP contribution in [0.25, 0.3) is 0 Å². The van der Waals surface area contributed by atoms with E-state index in [1.165, 1.54) is 34.6 Å². The average Bonchev–Trinajstić information content (AvgIpc) is 2.97. The molecule has 0 amide bonds. The second-order valence-corrected chi connectivity index (χ2v) is 6.27. The molecule has 0 radical (unpaired) electrons. The Balaban J connectivity index is 1.76. The molecule has 0 spiro atoms. The van der Waals surface area contributed by atoms with E-state index in [1.54, 1.807) is 6.07 Å². The molecule has 2 nitrogen and oxygen atoms in total. The van der Waals surface area contributed by atoms with Crippen LogP contribution in [0.2, 0.25) is 5.02 Å². The summed E-state index contributed by atoms with van der Waals surface area (Å²) in [5.41, 5.74) is 2.84. The molecular weight excluding hydrogens is 276 g/mol. The van der Waals surface area contributed by atoms with Gasteiger partial charge in [-0.25, -0.2) is 0 Å². The van der Waals surface area contributed by atoms with E-state index in [1.807, 2.05) is 23.5 Å². The first-order valence-electron chi connectivity index (χ1n) is 6.31. The van der Waals surface area contributed by atoms with Gasteiger partial charge in [-0.2, -0.15) is 5.26 Å². The number of rotatable bonds is 3. The van der Waals surface area contributed by atoms with Gasteiger partial charge in [0.05, 0.1) is 16.3 Å². The molecule has 0 aliphatic heterocycles. The third-order valence-electron chi connectivity index (χ3n) is 3.38. The monoisotopic (exact) mass is 288 g/mol. The zero-order chi connectivity index (χ0) is 13.2. The van der Waals surface area contributed by atoms with Gasteiger partial charge >= 0.3 is 0 Å². The van der Waals surface area contributed by atoms with Gasteiger partial charge in [0.15, 0.2) is 0 Å². The van der Waals surface area contributed by atoms with Crippen LogP contribution < -0.4 is 5.32 Å². The van der Waals surface area contributed by atoms with Gasteiger partial charge in [-0.05, 0) is 43.0 Å². The van der Waals surface area contributed by atoms with Crippen molar-refractivity contribution in [3.05, 3.63) is 50.2 Å². The van der Waals surface area contributed by atoms with Crippen LogP contribution in [0.1, 0.15) is 27.3 Å². The molecule has 2 aromatic rings. The van der Waals surface area contributed by atoms with Crippen molar-refractivity contribution >= 4 is 28.6 Å². The zero-order valence-corrected chi connectivity index (χ0v) is 11.9. The van der Waals surface area contributed by atoms with Crippen molar-refractivity contribution in [2.45, 2.75) is 25.8 Å². The Kier molecular flexibility index (Phi) is 3.46. The minimum Gasteiger partial charge on any atom is -0.379 e. The first-order valence-corrected chi connectivity index (χ1v) is 7.50. The number of benzene rings is 1. The molecule has 96 valence electrons. The molecule has 3 rings (SSSR count). The molecule has 4 heteroatoms. The van der Waals surface area contributed by atoms with E-state index in [2.05, 4.69) is 17.5 Å². The van der Waals surface area contributed by atoms with E-state index in [9.17, 15) is 0 Å². The molecule has 0 saturated heterocycles. The molecule has 1 aliphatic rings. The van der Waals surface area contributed by atoms with Crippen molar-refractivity contribution in [1.29, 1.82) is 5.26 Å². The summed E-state index contributed by atoms with van der Waals surface area (Å²) < 4.78 is 0. The van der Waals surface area contributed by atoms with Crippen molar-refractivity contribution in [1.82, 2.24) is 0 Å². The first kappa shape index (κ1) is 12.5. The Labute approximate surface area is 121 Å². The summed E-state index contributed by atoms with van der Waals surface area (Å²) in [5.74, 6) is 0. The highest BCUT2D eigenvalue weighted by atomic mass is 35.5. The van der Waals surface area contributed by atoms with Crippen molar-refractivity contribution in [2.24, 2.45) is 0 Å². The molecule has 0 fully saturated rings. The van der Waals surface area contributed by atoms with E-state index >= 15 is 0 Å². The number of aryl methyl sites for hydroxylation is 2. The molecule has 0 saturated carbocycles. The molecule has 1 aromatic carbocycles. The number of thiophene rings is 1. The number of anilines is 1. The third kappa shape index (κ3) is 2.47. The maximum Gasteiger partial charge on any atom is 0.103 e. The molecule has 1 aliphatic carbocycles. The van der Waals surface area contributed by atoms with E-state index in [0.717, 1.165) is 12.2 Å². The predicted molar refractivity (Wildman–Crippen MR) is 79.8 cm³/mol. The summed E-state index contributed by atoms with van der Waals surface area (Å²) in [6, 6.07) is 9.93. The summed E-state index contributed by atoms with van der Waals surface area (Å²) in [6.07, 6.45) is 3.73. The molecule has 0 atom stereocenters. The van der Waals surface area contributed by atoms with Crippen LogP contribution in [0.5, 0.6) is 0 Å². The van der Waals surface area contributed by atoms with E-state index in [0.29, 0.717) is 10.6 Å². The minimum absolute atomic E-state index is 0.501. The Bertz CT molecular complexity index is 633. The highest BCUT2D eigenvalue weighted by molar-refractivity contribution is 7.12. The van der Waals surface area contributed by atoms with Gasteiger partial charge in [0, 0.05) is 16.3 Å². The van der Waals surface area contributed by atoms with Crippen LogP contribution >= 0.6 is 22.9 Å². The Morgan fingerprint density at radius 3 is 3.05 bits per heavy atom. The smallest absolute Gasteiger partial charge is 0.103 e. The number of hydrogen-bond donors (Lipinski definition) is 1. The topological polar surface area (TPSA) is 35.8 Å². The van der Waals surface area contributed by atoms with Crippen molar-refractivity contribution in [3.63, 3.8) is 0 Å². The molecule has 0 unspecified atom stereocenters. The largest absolute Gasteiger partial charge is 0.379 e. The molecule has 1 heterocycles. The number of fused-ring (bicyclic) bond motifs is 1. The first-order chi connectivity index (χ1) is 9.28. The van der Waals surface area contributed by atoms with Crippen LogP contribution in [0.3, 0.4) is 0 Å². The van der Waals surface area contributed by atoms with Gasteiger partial charge in [-0.15, -0.1) is 11.3 Å². The standard InChI is InChI=1S/C15H13ClN2S/c16-13-4-2-5-14(12(13)8-17)18-9-11-7-10-3-1-6-15(10)19-11/h2,4-5,7,18H,1,3,6,9H2. The molecule has 1 aromatic heterocycles. The number of halogens is 1. The van der Waals surface area contributed by atoms with Crippen molar-refractivity contribution in [3.8, 4) is 6.07 Å². The summed E-state index contributed by atoms with van der Waals surface area (Å²) in [6.45, 7) is 0.757. The van der Waals surface area contributed by atoms with Crippen LogP contribution in [-0.2, 0) is 19.4 Å². The maximum atomic E-state index is 9.12. The van der Waals surface area contributed by atoms with Gasteiger partial charge in [-0.1, -0.05) is 17.7 Å². The summed E-state index contributed by atoms with van der Waals surface area (Å²) >= 11 is 7.89. The van der Waals surface area contributed by atoms with Crippen molar-refractivity contribution in [2.75, 3.05) is 5.32 Å². The number of nitrogens with one attached hydrogen (secondary N) is 1. The lowest BCUT2D eigenvalue weighted by Gasteiger charge is -2.07. The fraction of sp³-hybridized carbons (Fsp3) is 0.267. The lowest BCUT2D eigenvalue weighted by molar-refractivity contribution is 0.913. The van der Waals surface area contributed by atoms with Gasteiger partial charge < -0.3 is 5.32 Å². The Morgan fingerprint density at radius 1 is 1.37 bits per heavy atom. The molecule has 19 heavy (non-hydrogen) atoms. The quantitative estimate of drug-likeness (QED) is 0.910. The fourth-order valence-electron chi connectivity index (χ4n) is 2.45. The van der Waals surface area contributed by atoms with E-state index in [-0.39, 0.29) is 0 Å². The second kappa shape index (κ2) is 5.24. The summed E-state index contributed by atoms with van der Waals surface area (Å²) in [7, 11) is 0. The number of hydrogen-bond acceptors (Lipinski definition) is 3. The van der Waals surface area contributed by atoms with Crippen molar-refractivity contribution < 1.29 is 0 Å². The summed E-state index contributed by atoms with van der Waals surface area (Å²) in [4.78, 5) is 2.86. The molecule has 1 N–H and O–H groups in total.